The van der Waals surface area contributed by atoms with Crippen LogP contribution < -0.4 is 16.2 Å². The largest absolute Gasteiger partial charge is 0.444 e. The summed E-state index contributed by atoms with van der Waals surface area (Å²) in [7, 11) is 0. The molecule has 0 unspecified atom stereocenters. The number of aryl methyl sites for hydroxylation is 2. The highest BCUT2D eigenvalue weighted by Crippen LogP contribution is 2.22. The van der Waals surface area contributed by atoms with Gasteiger partial charge in [-0.05, 0) is 76.4 Å². The van der Waals surface area contributed by atoms with Crippen LogP contribution in [0.5, 0.6) is 0 Å². The first-order valence-electron chi connectivity index (χ1n) is 11.3. The van der Waals surface area contributed by atoms with Crippen LogP contribution in [-0.2, 0) is 17.8 Å². The first kappa shape index (κ1) is 25.8. The average Bonchev–Trinajstić information content (AvgIpc) is 2.66. The Labute approximate surface area is 205 Å². The van der Waals surface area contributed by atoms with Crippen molar-refractivity contribution in [3.05, 3.63) is 67.1 Å². The Morgan fingerprint density at radius 1 is 1.15 bits per heavy atom. The molecule has 3 rings (SSSR count). The molecule has 1 saturated heterocycles. The first-order valence-corrected chi connectivity index (χ1v) is 11.7. The number of rotatable bonds is 6. The predicted molar refractivity (Wildman–Crippen MR) is 132 cm³/mol. The topological polar surface area (TPSA) is 104 Å². The zero-order valence-corrected chi connectivity index (χ0v) is 21.4. The molecule has 1 aromatic heterocycles. The minimum absolute atomic E-state index is 0.127. The lowest BCUT2D eigenvalue weighted by Gasteiger charge is -2.40. The van der Waals surface area contributed by atoms with Gasteiger partial charge in [-0.15, -0.1) is 0 Å². The maximum atomic E-state index is 12.9. The van der Waals surface area contributed by atoms with Crippen LogP contribution in [0.3, 0.4) is 0 Å². The molecule has 0 bridgehead atoms. The Bertz CT molecular complexity index is 1150. The number of carbonyl (C=O) groups excluding carboxylic acids is 2. The highest BCUT2D eigenvalue weighted by Gasteiger charge is 2.33. The van der Waals surface area contributed by atoms with Crippen molar-refractivity contribution in [1.29, 1.82) is 0 Å². The molecule has 1 aromatic carbocycles. The molecule has 2 aromatic rings. The molecule has 0 spiro atoms. The average molecular weight is 489 g/mol. The lowest BCUT2D eigenvalue weighted by Crippen LogP contribution is -2.60. The number of aromatic amines is 1. The van der Waals surface area contributed by atoms with Crippen LogP contribution in [0.25, 0.3) is 0 Å². The predicted octanol–water partition coefficient (Wildman–Crippen LogP) is 3.59. The quantitative estimate of drug-likeness (QED) is 0.576. The Hall–Kier alpha value is -2.84. The van der Waals surface area contributed by atoms with E-state index in [1.54, 1.807) is 11.0 Å². The summed E-state index contributed by atoms with van der Waals surface area (Å²) in [6.07, 6.45) is -0.314. The third-order valence-electron chi connectivity index (χ3n) is 5.76. The third kappa shape index (κ3) is 6.39. The maximum Gasteiger partial charge on any atom is 0.410 e. The number of ether oxygens (including phenoxy) is 1. The van der Waals surface area contributed by atoms with E-state index in [0.717, 1.165) is 22.4 Å². The SMILES string of the molecule is Cc1cc(C)c(CNC(=O)c2cc(Cl)cc(CNC3CN(C(=O)OC(C)(C)C)C3)c2C)c(=O)[nH]1. The Morgan fingerprint density at radius 2 is 1.82 bits per heavy atom. The molecule has 0 saturated carbocycles. The lowest BCUT2D eigenvalue weighted by atomic mass is 10.0. The van der Waals surface area contributed by atoms with Gasteiger partial charge in [-0.1, -0.05) is 11.6 Å². The van der Waals surface area contributed by atoms with Gasteiger partial charge in [0.2, 0.25) is 0 Å². The summed E-state index contributed by atoms with van der Waals surface area (Å²) in [4.78, 5) is 41.7. The number of aromatic nitrogens is 1. The number of halogens is 1. The molecule has 184 valence electrons. The molecule has 9 heteroatoms. The molecule has 0 aliphatic carbocycles. The van der Waals surface area contributed by atoms with Gasteiger partial charge < -0.3 is 25.3 Å². The van der Waals surface area contributed by atoms with Crippen molar-refractivity contribution < 1.29 is 14.3 Å². The normalized spacial score (nSPS) is 14.0. The van der Waals surface area contributed by atoms with Crippen molar-refractivity contribution in [3.8, 4) is 0 Å². The first-order chi connectivity index (χ1) is 15.8. The number of nitrogens with one attached hydrogen (secondary N) is 3. The van der Waals surface area contributed by atoms with Crippen molar-refractivity contribution in [1.82, 2.24) is 20.5 Å². The van der Waals surface area contributed by atoms with Gasteiger partial charge in [-0.25, -0.2) is 4.79 Å². The molecule has 2 heterocycles. The van der Waals surface area contributed by atoms with Gasteiger partial charge in [0, 0.05) is 54.1 Å². The van der Waals surface area contributed by atoms with Crippen LogP contribution in [-0.4, -0.2) is 46.6 Å². The van der Waals surface area contributed by atoms with Gasteiger partial charge in [0.25, 0.3) is 11.5 Å². The molecular formula is C25H33ClN4O4. The van der Waals surface area contributed by atoms with Crippen molar-refractivity contribution in [2.45, 2.75) is 66.3 Å². The van der Waals surface area contributed by atoms with Gasteiger partial charge in [-0.3, -0.25) is 9.59 Å². The van der Waals surface area contributed by atoms with E-state index < -0.39 is 5.60 Å². The molecule has 34 heavy (non-hydrogen) atoms. The van der Waals surface area contributed by atoms with E-state index in [4.69, 9.17) is 16.3 Å². The van der Waals surface area contributed by atoms with Gasteiger partial charge in [0.05, 0.1) is 0 Å². The zero-order valence-electron chi connectivity index (χ0n) is 20.6. The van der Waals surface area contributed by atoms with Crippen LogP contribution in [0.15, 0.2) is 23.0 Å². The number of pyridine rings is 1. The fraction of sp³-hybridized carbons (Fsp3) is 0.480. The molecule has 8 nitrogen and oxygen atoms in total. The van der Waals surface area contributed by atoms with Crippen LogP contribution in [0.4, 0.5) is 4.79 Å². The highest BCUT2D eigenvalue weighted by molar-refractivity contribution is 6.31. The number of hydrogen-bond donors (Lipinski definition) is 3. The van der Waals surface area contributed by atoms with Crippen molar-refractivity contribution in [2.24, 2.45) is 0 Å². The summed E-state index contributed by atoms with van der Waals surface area (Å²) < 4.78 is 5.38. The van der Waals surface area contributed by atoms with Gasteiger partial charge in [-0.2, -0.15) is 0 Å². The maximum absolute atomic E-state index is 12.9. The number of benzene rings is 1. The summed E-state index contributed by atoms with van der Waals surface area (Å²) in [5, 5.41) is 6.71. The van der Waals surface area contributed by atoms with E-state index in [-0.39, 0.29) is 30.1 Å². The molecule has 3 N–H and O–H groups in total. The lowest BCUT2D eigenvalue weighted by molar-refractivity contribution is 0.00517. The van der Waals surface area contributed by atoms with E-state index >= 15 is 0 Å². The summed E-state index contributed by atoms with van der Waals surface area (Å²) in [5.41, 5.74) is 3.60. The zero-order chi connectivity index (χ0) is 25.2. The molecule has 0 atom stereocenters. The van der Waals surface area contributed by atoms with E-state index in [1.807, 2.05) is 53.7 Å². The number of amides is 2. The number of carbonyl (C=O) groups is 2. The molecule has 0 radical (unpaired) electrons. The second-order valence-corrected chi connectivity index (χ2v) is 10.3. The van der Waals surface area contributed by atoms with Gasteiger partial charge in [0.15, 0.2) is 0 Å². The van der Waals surface area contributed by atoms with Crippen molar-refractivity contribution >= 4 is 23.6 Å². The number of H-pyrrole nitrogens is 1. The van der Waals surface area contributed by atoms with E-state index in [0.29, 0.717) is 35.8 Å². The molecule has 2 amide bonds. The van der Waals surface area contributed by atoms with Crippen LogP contribution in [0.2, 0.25) is 5.02 Å². The number of likely N-dealkylation sites (tertiary alicyclic amines) is 1. The summed E-state index contributed by atoms with van der Waals surface area (Å²) in [6.45, 7) is 12.8. The van der Waals surface area contributed by atoms with Crippen LogP contribution in [0, 0.1) is 20.8 Å². The molecule has 1 aliphatic rings. The van der Waals surface area contributed by atoms with E-state index in [9.17, 15) is 14.4 Å². The fourth-order valence-electron chi connectivity index (χ4n) is 3.86. The summed E-state index contributed by atoms with van der Waals surface area (Å²) in [5.74, 6) is -0.291. The Morgan fingerprint density at radius 3 is 2.44 bits per heavy atom. The van der Waals surface area contributed by atoms with Crippen LogP contribution >= 0.6 is 11.6 Å². The van der Waals surface area contributed by atoms with Crippen molar-refractivity contribution in [3.63, 3.8) is 0 Å². The molecular weight excluding hydrogens is 456 g/mol. The van der Waals surface area contributed by atoms with Gasteiger partial charge in [0.1, 0.15) is 5.60 Å². The molecule has 1 fully saturated rings. The molecule has 1 aliphatic heterocycles. The second kappa shape index (κ2) is 10.2. The van der Waals surface area contributed by atoms with E-state index in [2.05, 4.69) is 15.6 Å². The summed E-state index contributed by atoms with van der Waals surface area (Å²) >= 11 is 6.31. The summed E-state index contributed by atoms with van der Waals surface area (Å²) in [6, 6.07) is 5.48. The minimum Gasteiger partial charge on any atom is -0.444 e. The minimum atomic E-state index is -0.518. The van der Waals surface area contributed by atoms with E-state index in [1.165, 1.54) is 0 Å². The smallest absolute Gasteiger partial charge is 0.410 e. The Kier molecular flexibility index (Phi) is 7.73. The monoisotopic (exact) mass is 488 g/mol. The van der Waals surface area contributed by atoms with Crippen molar-refractivity contribution in [2.75, 3.05) is 13.1 Å². The third-order valence-corrected chi connectivity index (χ3v) is 5.98. The fourth-order valence-corrected chi connectivity index (χ4v) is 4.10. The Balaban J connectivity index is 1.60. The number of hydrogen-bond acceptors (Lipinski definition) is 5. The highest BCUT2D eigenvalue weighted by atomic mass is 35.5. The standard InChI is InChI=1S/C25H33ClN4O4/c1-14-7-15(2)29-23(32)21(14)11-28-22(31)20-9-18(26)8-17(16(20)3)10-27-19-12-30(13-19)24(33)34-25(4,5)6/h7-9,19,27H,10-13H2,1-6H3,(H,28,31)(H,29,32). The number of nitrogens with zero attached hydrogens (tertiary/aromatic N) is 1. The van der Waals surface area contributed by atoms with Crippen LogP contribution in [0.1, 0.15) is 59.1 Å². The second-order valence-electron chi connectivity index (χ2n) is 9.83. The van der Waals surface area contributed by atoms with Gasteiger partial charge >= 0.3 is 6.09 Å².